The van der Waals surface area contributed by atoms with Gasteiger partial charge in [0.2, 0.25) is 0 Å². The Labute approximate surface area is 104 Å². The summed E-state index contributed by atoms with van der Waals surface area (Å²) in [7, 11) is 1.70. The quantitative estimate of drug-likeness (QED) is 0.658. The molecule has 1 aromatic carbocycles. The second kappa shape index (κ2) is 4.89. The molecule has 1 aromatic rings. The van der Waals surface area contributed by atoms with Gasteiger partial charge in [-0.15, -0.1) is 0 Å². The van der Waals surface area contributed by atoms with Crippen molar-refractivity contribution in [2.24, 2.45) is 5.92 Å². The first-order valence-electron chi connectivity index (χ1n) is 5.80. The van der Waals surface area contributed by atoms with E-state index in [-0.39, 0.29) is 17.5 Å². The minimum Gasteiger partial charge on any atom is -0.393 e. The first-order chi connectivity index (χ1) is 8.47. The van der Waals surface area contributed by atoms with Crippen LogP contribution in [0.25, 0.3) is 0 Å². The summed E-state index contributed by atoms with van der Waals surface area (Å²) in [5.41, 5.74) is 0.181. The molecule has 0 aromatic heterocycles. The largest absolute Gasteiger partial charge is 0.393 e. The molecule has 1 saturated carbocycles. The van der Waals surface area contributed by atoms with E-state index in [1.165, 1.54) is 12.1 Å². The zero-order chi connectivity index (χ0) is 13.3. The predicted molar refractivity (Wildman–Crippen MR) is 65.1 cm³/mol. The first-order valence-corrected chi connectivity index (χ1v) is 5.80. The van der Waals surface area contributed by atoms with Crippen LogP contribution in [0.4, 0.5) is 15.8 Å². The number of nitrogens with zero attached hydrogens (tertiary/aromatic N) is 2. The van der Waals surface area contributed by atoms with E-state index in [9.17, 15) is 19.6 Å². The van der Waals surface area contributed by atoms with Crippen molar-refractivity contribution in [3.63, 3.8) is 0 Å². The van der Waals surface area contributed by atoms with Gasteiger partial charge in [0.05, 0.1) is 11.0 Å². The lowest BCUT2D eigenvalue weighted by atomic mass is 9.82. The molecule has 6 heteroatoms. The van der Waals surface area contributed by atoms with Crippen molar-refractivity contribution in [2.45, 2.75) is 18.9 Å². The van der Waals surface area contributed by atoms with Gasteiger partial charge in [-0.3, -0.25) is 10.1 Å². The van der Waals surface area contributed by atoms with E-state index in [0.29, 0.717) is 25.3 Å². The van der Waals surface area contributed by atoms with Crippen molar-refractivity contribution < 1.29 is 14.4 Å². The molecule has 0 radical (unpaired) electrons. The van der Waals surface area contributed by atoms with Crippen molar-refractivity contribution in [3.8, 4) is 0 Å². The van der Waals surface area contributed by atoms with Crippen LogP contribution in [0.5, 0.6) is 0 Å². The number of hydrogen-bond donors (Lipinski definition) is 1. The molecule has 5 nitrogen and oxygen atoms in total. The molecule has 1 aliphatic rings. The second-order valence-corrected chi connectivity index (χ2v) is 4.76. The fourth-order valence-electron chi connectivity index (χ4n) is 2.29. The maximum atomic E-state index is 13.2. The smallest absolute Gasteiger partial charge is 0.292 e. The monoisotopic (exact) mass is 254 g/mol. The topological polar surface area (TPSA) is 66.6 Å². The average molecular weight is 254 g/mol. The van der Waals surface area contributed by atoms with Crippen LogP contribution in [0.2, 0.25) is 0 Å². The molecular weight excluding hydrogens is 239 g/mol. The van der Waals surface area contributed by atoms with Crippen LogP contribution < -0.4 is 4.90 Å². The van der Waals surface area contributed by atoms with E-state index in [4.69, 9.17) is 0 Å². The third kappa shape index (κ3) is 2.59. The van der Waals surface area contributed by atoms with E-state index in [0.717, 1.165) is 6.07 Å². The van der Waals surface area contributed by atoms with Gasteiger partial charge in [0.25, 0.3) is 5.69 Å². The molecule has 0 saturated heterocycles. The molecule has 1 fully saturated rings. The summed E-state index contributed by atoms with van der Waals surface area (Å²) >= 11 is 0. The lowest BCUT2D eigenvalue weighted by Crippen LogP contribution is -2.37. The molecule has 0 heterocycles. The maximum absolute atomic E-state index is 13.2. The molecule has 0 amide bonds. The number of halogens is 1. The number of nitro benzene ring substituents is 1. The summed E-state index contributed by atoms with van der Waals surface area (Å²) in [6.07, 6.45) is 1.15. The normalized spacial score (nSPS) is 22.4. The molecule has 0 unspecified atom stereocenters. The Morgan fingerprint density at radius 2 is 2.22 bits per heavy atom. The lowest BCUT2D eigenvalue weighted by molar-refractivity contribution is -0.384. The highest BCUT2D eigenvalue weighted by molar-refractivity contribution is 5.62. The number of benzene rings is 1. The highest BCUT2D eigenvalue weighted by atomic mass is 19.1. The van der Waals surface area contributed by atoms with E-state index >= 15 is 0 Å². The van der Waals surface area contributed by atoms with Gasteiger partial charge in [0.1, 0.15) is 11.5 Å². The summed E-state index contributed by atoms with van der Waals surface area (Å²) in [5, 5.41) is 20.1. The predicted octanol–water partition coefficient (Wildman–Crippen LogP) is 1.94. The summed E-state index contributed by atoms with van der Waals surface area (Å²) in [5.74, 6) is -0.177. The minimum absolute atomic E-state index is 0.0984. The number of hydrogen-bond acceptors (Lipinski definition) is 4. The molecule has 1 N–H and O–H groups in total. The standard InChI is InChI=1S/C12H15FN2O3/c1-14(7-8-4-10(16)5-8)12-6-9(13)2-3-11(12)15(17)18/h2-3,6,8,10,16H,4-5,7H2,1H3. The van der Waals surface area contributed by atoms with Gasteiger partial charge in [0, 0.05) is 25.7 Å². The van der Waals surface area contributed by atoms with Crippen molar-refractivity contribution in [3.05, 3.63) is 34.1 Å². The van der Waals surface area contributed by atoms with Crippen molar-refractivity contribution in [1.82, 2.24) is 0 Å². The Kier molecular flexibility index (Phi) is 3.47. The second-order valence-electron chi connectivity index (χ2n) is 4.76. The Hall–Kier alpha value is -1.69. The number of rotatable bonds is 4. The number of aliphatic hydroxyl groups is 1. The molecule has 0 atom stereocenters. The van der Waals surface area contributed by atoms with Crippen molar-refractivity contribution in [2.75, 3.05) is 18.5 Å². The molecule has 0 aliphatic heterocycles. The Bertz CT molecular complexity index is 461. The van der Waals surface area contributed by atoms with Crippen molar-refractivity contribution in [1.29, 1.82) is 0 Å². The van der Waals surface area contributed by atoms with Crippen LogP contribution in [-0.2, 0) is 0 Å². The number of nitro groups is 1. The zero-order valence-corrected chi connectivity index (χ0v) is 10.0. The van der Waals surface area contributed by atoms with Gasteiger partial charge in [-0.2, -0.15) is 0 Å². The van der Waals surface area contributed by atoms with Gasteiger partial charge >= 0.3 is 0 Å². The van der Waals surface area contributed by atoms with Gasteiger partial charge in [-0.1, -0.05) is 0 Å². The van der Waals surface area contributed by atoms with Gasteiger partial charge in [-0.25, -0.2) is 4.39 Å². The Morgan fingerprint density at radius 1 is 1.56 bits per heavy atom. The summed E-state index contributed by atoms with van der Waals surface area (Å²) in [6.45, 7) is 0.585. The first kappa shape index (κ1) is 12.8. The summed E-state index contributed by atoms with van der Waals surface area (Å²) in [6, 6.07) is 3.44. The molecule has 0 bridgehead atoms. The highest BCUT2D eigenvalue weighted by Crippen LogP contribution is 2.32. The zero-order valence-electron chi connectivity index (χ0n) is 10.0. The summed E-state index contributed by atoms with van der Waals surface area (Å²) in [4.78, 5) is 12.0. The fourth-order valence-corrected chi connectivity index (χ4v) is 2.29. The van der Waals surface area contributed by atoms with E-state index < -0.39 is 10.7 Å². The third-order valence-corrected chi connectivity index (χ3v) is 3.29. The SMILES string of the molecule is CN(CC1CC(O)C1)c1cc(F)ccc1[N+](=O)[O-]. The van der Waals surface area contributed by atoms with E-state index in [1.807, 2.05) is 0 Å². The van der Waals surface area contributed by atoms with E-state index in [2.05, 4.69) is 0 Å². The van der Waals surface area contributed by atoms with Gasteiger partial charge < -0.3 is 10.0 Å². The molecule has 18 heavy (non-hydrogen) atoms. The molecule has 2 rings (SSSR count). The van der Waals surface area contributed by atoms with Crippen LogP contribution in [0.15, 0.2) is 18.2 Å². The van der Waals surface area contributed by atoms with Gasteiger partial charge in [0.15, 0.2) is 0 Å². The molecule has 1 aliphatic carbocycles. The Balaban J connectivity index is 2.15. The van der Waals surface area contributed by atoms with E-state index in [1.54, 1.807) is 11.9 Å². The number of anilines is 1. The fraction of sp³-hybridized carbons (Fsp3) is 0.500. The minimum atomic E-state index is -0.513. The number of aliphatic hydroxyl groups excluding tert-OH is 1. The summed E-state index contributed by atoms with van der Waals surface area (Å²) < 4.78 is 13.2. The van der Waals surface area contributed by atoms with Crippen molar-refractivity contribution >= 4 is 11.4 Å². The lowest BCUT2D eigenvalue weighted by Gasteiger charge is -2.35. The molecule has 0 spiro atoms. The van der Waals surface area contributed by atoms with Crippen LogP contribution in [0, 0.1) is 21.8 Å². The Morgan fingerprint density at radius 3 is 2.78 bits per heavy atom. The van der Waals surface area contributed by atoms with Crippen LogP contribution in [0.3, 0.4) is 0 Å². The van der Waals surface area contributed by atoms with Gasteiger partial charge in [-0.05, 0) is 24.8 Å². The average Bonchev–Trinajstić information content (AvgIpc) is 2.26. The van der Waals surface area contributed by atoms with Crippen LogP contribution >= 0.6 is 0 Å². The van der Waals surface area contributed by atoms with Crippen LogP contribution in [-0.4, -0.2) is 29.7 Å². The van der Waals surface area contributed by atoms with Crippen LogP contribution in [0.1, 0.15) is 12.8 Å². The molecular formula is C12H15FN2O3. The molecule has 98 valence electrons. The highest BCUT2D eigenvalue weighted by Gasteiger charge is 2.29. The maximum Gasteiger partial charge on any atom is 0.292 e. The third-order valence-electron chi connectivity index (χ3n) is 3.29.